The van der Waals surface area contributed by atoms with Crippen molar-refractivity contribution in [2.24, 2.45) is 27.9 Å². The highest BCUT2D eigenvalue weighted by Crippen LogP contribution is 2.20. The number of aliphatic carboxylic acids is 2. The topological polar surface area (TPSA) is 530 Å². The van der Waals surface area contributed by atoms with Gasteiger partial charge in [0.1, 0.15) is 66.2 Å². The number of thioether (sulfide) groups is 3. The highest BCUT2D eigenvalue weighted by molar-refractivity contribution is 7.99. The van der Waals surface area contributed by atoms with Crippen molar-refractivity contribution in [2.75, 3.05) is 49.1 Å². The summed E-state index contributed by atoms with van der Waals surface area (Å²) in [4.78, 5) is 175. The Kier molecular flexibility index (Phi) is 32.5. The van der Waals surface area contributed by atoms with Gasteiger partial charge in [-0.25, -0.2) is 4.98 Å². The number of phenols is 1. The molecule has 2 heterocycles. The summed E-state index contributed by atoms with van der Waals surface area (Å²) in [6, 6.07) is -9.45. The maximum atomic E-state index is 14.5. The van der Waals surface area contributed by atoms with Crippen molar-refractivity contribution in [3.63, 3.8) is 0 Å². The number of benzene rings is 1. The molecule has 32 nitrogen and oxygen atoms in total. The minimum absolute atomic E-state index is 0.00983. The van der Waals surface area contributed by atoms with E-state index in [0.29, 0.717) is 17.7 Å². The summed E-state index contributed by atoms with van der Waals surface area (Å²) in [6.07, 6.45) is 4.48. The van der Waals surface area contributed by atoms with Crippen molar-refractivity contribution in [1.82, 2.24) is 57.4 Å². The van der Waals surface area contributed by atoms with Gasteiger partial charge in [-0.3, -0.25) is 62.5 Å². The van der Waals surface area contributed by atoms with Crippen molar-refractivity contribution in [3.8, 4) is 5.75 Å². The van der Waals surface area contributed by atoms with E-state index in [2.05, 4.69) is 57.5 Å². The van der Waals surface area contributed by atoms with E-state index in [1.807, 2.05) is 0 Å². The molecule has 0 saturated carbocycles. The lowest BCUT2D eigenvalue weighted by molar-refractivity contribution is -0.145. The second kappa shape index (κ2) is 38.4. The number of imidazole rings is 1. The van der Waals surface area contributed by atoms with Crippen LogP contribution >= 0.6 is 35.3 Å². The molecule has 88 heavy (non-hydrogen) atoms. The number of carboxylic acid groups (broad SMARTS) is 2. The van der Waals surface area contributed by atoms with E-state index in [4.69, 9.17) is 22.9 Å². The van der Waals surface area contributed by atoms with Gasteiger partial charge >= 0.3 is 11.9 Å². The van der Waals surface area contributed by atoms with Crippen LogP contribution in [0.1, 0.15) is 76.0 Å². The largest absolute Gasteiger partial charge is 0.508 e. The Hall–Kier alpha value is -7.89. The number of hydrogen-bond donors (Lipinski definition) is 17. The Bertz CT molecular complexity index is 2730. The Morgan fingerprint density at radius 1 is 0.625 bits per heavy atom. The second-order valence-corrected chi connectivity index (χ2v) is 23.4. The molecule has 1 saturated heterocycles. The minimum atomic E-state index is -1.91. The van der Waals surface area contributed by atoms with Gasteiger partial charge in [0.05, 0.1) is 25.3 Å². The molecular weight excluding hydrogens is 1210 g/mol. The predicted octanol–water partition coefficient (Wildman–Crippen LogP) is -4.77. The summed E-state index contributed by atoms with van der Waals surface area (Å²) < 4.78 is 0. The molecule has 0 bridgehead atoms. The Balaban J connectivity index is 1.96. The van der Waals surface area contributed by atoms with Crippen molar-refractivity contribution in [1.29, 1.82) is 0 Å². The number of nitrogens with zero attached hydrogens (tertiary/aromatic N) is 3. The number of carbonyl (C=O) groups excluding carboxylic acids is 10. The predicted molar refractivity (Wildman–Crippen MR) is 327 cm³/mol. The third-order valence-corrected chi connectivity index (χ3v) is 15.6. The number of aromatic nitrogens is 2. The summed E-state index contributed by atoms with van der Waals surface area (Å²) in [5, 5.41) is 59.8. The van der Waals surface area contributed by atoms with Gasteiger partial charge in [0.25, 0.3) is 0 Å². The van der Waals surface area contributed by atoms with Gasteiger partial charge in [0.15, 0.2) is 5.96 Å². The third-order valence-electron chi connectivity index (χ3n) is 13.6. The minimum Gasteiger partial charge on any atom is -0.508 e. The number of rotatable bonds is 40. The number of carboxylic acids is 2. The van der Waals surface area contributed by atoms with Crippen LogP contribution < -0.4 is 65.5 Å². The number of hydrogen-bond acceptors (Lipinski definition) is 20. The zero-order chi connectivity index (χ0) is 65.6. The van der Waals surface area contributed by atoms with Crippen LogP contribution in [0.2, 0.25) is 0 Å². The van der Waals surface area contributed by atoms with Crippen LogP contribution in [-0.4, -0.2) is 228 Å². The quantitative estimate of drug-likeness (QED) is 0.0169. The number of aliphatic imine (C=N–C) groups is 1. The van der Waals surface area contributed by atoms with E-state index in [-0.39, 0.29) is 93.4 Å². The maximum absolute atomic E-state index is 14.5. The highest BCUT2D eigenvalue weighted by Gasteiger charge is 2.40. The normalized spacial score (nSPS) is 16.2. The number of nitrogens with two attached hydrogens (primary N) is 4. The molecule has 35 heteroatoms. The van der Waals surface area contributed by atoms with Crippen LogP contribution in [0, 0.1) is 0 Å². The molecule has 3 rings (SSSR count). The van der Waals surface area contributed by atoms with Gasteiger partial charge in [0, 0.05) is 37.8 Å². The summed E-state index contributed by atoms with van der Waals surface area (Å²) in [5.74, 6) is -12.1. The Morgan fingerprint density at radius 3 is 1.49 bits per heavy atom. The molecule has 1 aliphatic rings. The van der Waals surface area contributed by atoms with E-state index < -0.39 is 150 Å². The Labute approximate surface area is 520 Å². The number of aromatic hydroxyl groups is 1. The van der Waals surface area contributed by atoms with E-state index in [1.165, 1.54) is 79.0 Å². The van der Waals surface area contributed by atoms with Crippen molar-refractivity contribution >= 4 is 112 Å². The summed E-state index contributed by atoms with van der Waals surface area (Å²) >= 11 is 3.92. The summed E-state index contributed by atoms with van der Waals surface area (Å²) in [5.41, 5.74) is 22.8. The average Bonchev–Trinajstić information content (AvgIpc) is 2.37. The lowest BCUT2D eigenvalue weighted by atomic mass is 10.0. The SMILES string of the molecule is CSCC[C@H](NC(=O)[C@H](Cc1ccc(O)cc1)NC(=O)[C@H](CC(=O)O)NC(=O)[C@H](CCCN=C(N)N)NC(=O)[C@@H](N)[C@@H](C)O)C(=O)N[C@@H](CCSC)C(=O)N[C@@H](Cc1cnc[nH]1)C(=O)N[C@@H](CCSC)C(=O)N[C@@H](CC(=O)O)C(=O)N1CCC[C@H]1C(N)=O. The molecule has 2 aromatic rings. The molecule has 21 N–H and O–H groups in total. The van der Waals surface area contributed by atoms with E-state index >= 15 is 0 Å². The lowest BCUT2D eigenvalue weighted by Crippen LogP contribution is -2.61. The van der Waals surface area contributed by atoms with Crippen molar-refractivity contribution < 1.29 is 78.0 Å². The molecule has 1 aromatic heterocycles. The maximum Gasteiger partial charge on any atom is 0.305 e. The highest BCUT2D eigenvalue weighted by atomic mass is 32.2. The number of aromatic amines is 1. The first-order valence-electron chi connectivity index (χ1n) is 27.9. The second-order valence-electron chi connectivity index (χ2n) is 20.5. The molecule has 0 spiro atoms. The fourth-order valence-corrected chi connectivity index (χ4v) is 10.3. The third kappa shape index (κ3) is 25.8. The van der Waals surface area contributed by atoms with Gasteiger partial charge in [0.2, 0.25) is 59.1 Å². The van der Waals surface area contributed by atoms with E-state index in [9.17, 15) is 78.0 Å². The van der Waals surface area contributed by atoms with Gasteiger partial charge < -0.3 is 95.8 Å². The number of H-pyrrole nitrogens is 1. The van der Waals surface area contributed by atoms with Gasteiger partial charge in [-0.05, 0) is 106 Å². The zero-order valence-corrected chi connectivity index (χ0v) is 51.6. The molecule has 11 atom stereocenters. The number of phenolic OH excluding ortho intramolecular Hbond substituents is 1. The van der Waals surface area contributed by atoms with E-state index in [0.717, 1.165) is 4.90 Å². The first-order valence-corrected chi connectivity index (χ1v) is 32.0. The summed E-state index contributed by atoms with van der Waals surface area (Å²) in [6.45, 7) is 1.31. The average molecular weight is 1300 g/mol. The van der Waals surface area contributed by atoms with Gasteiger partial charge in [-0.15, -0.1) is 0 Å². The molecule has 0 aliphatic carbocycles. The molecule has 488 valence electrons. The van der Waals surface area contributed by atoms with Crippen LogP contribution in [0.5, 0.6) is 5.75 Å². The monoisotopic (exact) mass is 1290 g/mol. The van der Waals surface area contributed by atoms with Crippen LogP contribution in [0.15, 0.2) is 41.8 Å². The van der Waals surface area contributed by atoms with Gasteiger partial charge in [-0.1, -0.05) is 12.1 Å². The summed E-state index contributed by atoms with van der Waals surface area (Å²) in [7, 11) is 0. The fourth-order valence-electron chi connectivity index (χ4n) is 8.87. The molecule has 1 aromatic carbocycles. The zero-order valence-electron chi connectivity index (χ0n) is 49.2. The molecule has 0 unspecified atom stereocenters. The van der Waals surface area contributed by atoms with Crippen molar-refractivity contribution in [2.45, 2.75) is 144 Å². The van der Waals surface area contributed by atoms with Crippen LogP contribution in [-0.2, 0) is 70.4 Å². The molecule has 10 amide bonds. The Morgan fingerprint density at radius 2 is 1.05 bits per heavy atom. The molecular formula is C53H82N16O16S3. The number of likely N-dealkylation sites (tertiary alicyclic amines) is 1. The van der Waals surface area contributed by atoms with Gasteiger partial charge in [-0.2, -0.15) is 35.3 Å². The number of aliphatic hydroxyl groups is 1. The molecule has 1 aliphatic heterocycles. The van der Waals surface area contributed by atoms with Crippen LogP contribution in [0.4, 0.5) is 0 Å². The van der Waals surface area contributed by atoms with Crippen molar-refractivity contribution in [3.05, 3.63) is 48.0 Å². The smallest absolute Gasteiger partial charge is 0.305 e. The number of aliphatic hydroxyl groups excluding tert-OH is 1. The van der Waals surface area contributed by atoms with Crippen LogP contribution in [0.3, 0.4) is 0 Å². The number of guanidine groups is 1. The van der Waals surface area contributed by atoms with Crippen LogP contribution in [0.25, 0.3) is 0 Å². The first-order chi connectivity index (χ1) is 41.7. The van der Waals surface area contributed by atoms with E-state index in [1.54, 1.807) is 18.8 Å². The number of carbonyl (C=O) groups is 12. The standard InChI is InChI=1S/C53H82N16O16S3/c1-27(70)42(54)51(84)64-31(7-5-16-59-53(56)57)44(77)67-37(23-40(72)73)50(83)65-35(21-28-9-11-30(71)12-10-28)48(81)62-32(13-18-86-2)45(78)61-33(14-19-87-3)46(79)66-36(22-29-25-58-26-60-29)49(82)63-34(15-20-88-4)47(80)68-38(24-41(74)75)52(85)69-17-6-8-39(69)43(55)76/h9-12,25-27,31-39,42,70-71H,5-8,13-24,54H2,1-4H3,(H2,55,76)(H,58,60)(H,61,78)(H,62,81)(H,63,82)(H,64,84)(H,65,83)(H,66,79)(H,67,77)(H,68,80)(H,72,73)(H,74,75)(H4,56,57,59)/t27-,31+,32+,33+,34+,35+,36+,37+,38+,39+,42+/m1/s1. The number of amides is 10. The first kappa shape index (κ1) is 74.4. The number of primary amides is 1. The lowest BCUT2D eigenvalue weighted by Gasteiger charge is -2.29. The molecule has 0 radical (unpaired) electrons. The fraction of sp³-hybridized carbons (Fsp3) is 0.585. The molecule has 1 fully saturated rings. The number of nitrogens with one attached hydrogen (secondary N) is 9.